The van der Waals surface area contributed by atoms with Crippen LogP contribution in [0.15, 0.2) is 42.1 Å². The van der Waals surface area contributed by atoms with Crippen LogP contribution in [-0.2, 0) is 11.3 Å². The number of hydrogen-bond acceptors (Lipinski definition) is 4. The molecule has 5 nitrogen and oxygen atoms in total. The van der Waals surface area contributed by atoms with Crippen molar-refractivity contribution in [2.45, 2.75) is 50.7 Å². The van der Waals surface area contributed by atoms with Gasteiger partial charge >= 0.3 is 0 Å². The van der Waals surface area contributed by atoms with Crippen LogP contribution < -0.4 is 0 Å². The number of benzene rings is 1. The standard InChI is InChI=1S/C21H28N4OS/c1-3-12-25-20(18-11-9-10-17(2)15-18)22-23-21(25)27-16-19(26)24-13-7-5-4-6-8-14-24/h3,9-11,15H,1,4-8,12-14,16H2,2H3. The van der Waals surface area contributed by atoms with Gasteiger partial charge in [0.15, 0.2) is 11.0 Å². The molecule has 6 heteroatoms. The zero-order valence-corrected chi connectivity index (χ0v) is 16.9. The summed E-state index contributed by atoms with van der Waals surface area (Å²) in [4.78, 5) is 14.7. The number of likely N-dealkylation sites (tertiary alicyclic amines) is 1. The van der Waals surface area contributed by atoms with E-state index in [0.29, 0.717) is 12.3 Å². The summed E-state index contributed by atoms with van der Waals surface area (Å²) in [5.74, 6) is 1.43. The van der Waals surface area contributed by atoms with Crippen molar-refractivity contribution in [2.75, 3.05) is 18.8 Å². The Kier molecular flexibility index (Phi) is 7.10. The molecule has 0 N–H and O–H groups in total. The van der Waals surface area contributed by atoms with Crippen molar-refractivity contribution in [1.82, 2.24) is 19.7 Å². The second-order valence-corrected chi connectivity index (χ2v) is 7.95. The van der Waals surface area contributed by atoms with E-state index in [4.69, 9.17) is 0 Å². The van der Waals surface area contributed by atoms with Gasteiger partial charge in [0.1, 0.15) is 0 Å². The number of aromatic nitrogens is 3. The van der Waals surface area contributed by atoms with Crippen LogP contribution in [0, 0.1) is 6.92 Å². The lowest BCUT2D eigenvalue weighted by atomic mass is 10.1. The maximum absolute atomic E-state index is 12.7. The average Bonchev–Trinajstić information content (AvgIpc) is 3.02. The molecule has 1 aliphatic rings. The van der Waals surface area contributed by atoms with E-state index in [2.05, 4.69) is 35.8 Å². The molecule has 1 aromatic heterocycles. The summed E-state index contributed by atoms with van der Waals surface area (Å²) in [5, 5.41) is 9.50. The van der Waals surface area contributed by atoms with Crippen LogP contribution >= 0.6 is 11.8 Å². The molecule has 1 amide bonds. The number of carbonyl (C=O) groups excluding carboxylic acids is 1. The first-order valence-corrected chi connectivity index (χ1v) is 10.7. The molecule has 1 saturated heterocycles. The number of carbonyl (C=O) groups is 1. The summed E-state index contributed by atoms with van der Waals surface area (Å²) >= 11 is 1.47. The van der Waals surface area contributed by atoms with Crippen molar-refractivity contribution in [3.8, 4) is 11.4 Å². The van der Waals surface area contributed by atoms with E-state index < -0.39 is 0 Å². The number of amides is 1. The maximum atomic E-state index is 12.7. The Hall–Kier alpha value is -2.08. The second-order valence-electron chi connectivity index (χ2n) is 7.01. The first-order valence-electron chi connectivity index (χ1n) is 9.71. The van der Waals surface area contributed by atoms with Gasteiger partial charge in [-0.15, -0.1) is 16.8 Å². The number of nitrogens with zero attached hydrogens (tertiary/aromatic N) is 4. The molecular formula is C21H28N4OS. The third kappa shape index (κ3) is 5.22. The summed E-state index contributed by atoms with van der Waals surface area (Å²) in [7, 11) is 0. The number of allylic oxidation sites excluding steroid dienone is 1. The molecule has 2 aromatic rings. The lowest BCUT2D eigenvalue weighted by molar-refractivity contribution is -0.128. The highest BCUT2D eigenvalue weighted by Crippen LogP contribution is 2.25. The predicted octanol–water partition coefficient (Wildman–Crippen LogP) is 4.32. The van der Waals surface area contributed by atoms with Crippen LogP contribution in [0.2, 0.25) is 0 Å². The van der Waals surface area contributed by atoms with E-state index in [9.17, 15) is 4.79 Å². The van der Waals surface area contributed by atoms with Gasteiger partial charge in [-0.05, 0) is 25.8 Å². The SMILES string of the molecule is C=CCn1c(SCC(=O)N2CCCCCCC2)nnc1-c1cccc(C)c1. The topological polar surface area (TPSA) is 51.0 Å². The molecule has 144 valence electrons. The van der Waals surface area contributed by atoms with Crippen LogP contribution in [0.3, 0.4) is 0 Å². The summed E-state index contributed by atoms with van der Waals surface area (Å²) in [6.07, 6.45) is 7.81. The van der Waals surface area contributed by atoms with Crippen LogP contribution in [0.1, 0.15) is 37.7 Å². The highest BCUT2D eigenvalue weighted by Gasteiger charge is 2.18. The van der Waals surface area contributed by atoms with E-state index in [1.54, 1.807) is 0 Å². The number of rotatable bonds is 6. The molecule has 1 aromatic carbocycles. The normalized spacial score (nSPS) is 15.2. The maximum Gasteiger partial charge on any atom is 0.233 e. The van der Waals surface area contributed by atoms with Gasteiger partial charge in [-0.3, -0.25) is 9.36 Å². The summed E-state index contributed by atoms with van der Waals surface area (Å²) in [6, 6.07) is 8.23. The molecule has 0 unspecified atom stereocenters. The minimum absolute atomic E-state index is 0.201. The Morgan fingerprint density at radius 1 is 1.19 bits per heavy atom. The molecule has 3 rings (SSSR count). The lowest BCUT2D eigenvalue weighted by Crippen LogP contribution is -2.35. The van der Waals surface area contributed by atoms with E-state index >= 15 is 0 Å². The Balaban J connectivity index is 1.71. The fourth-order valence-electron chi connectivity index (χ4n) is 3.40. The Morgan fingerprint density at radius 3 is 2.63 bits per heavy atom. The monoisotopic (exact) mass is 384 g/mol. The summed E-state index contributed by atoms with van der Waals surface area (Å²) < 4.78 is 2.03. The third-order valence-electron chi connectivity index (χ3n) is 4.84. The third-order valence-corrected chi connectivity index (χ3v) is 5.79. The zero-order valence-electron chi connectivity index (χ0n) is 16.1. The molecular weight excluding hydrogens is 356 g/mol. The molecule has 27 heavy (non-hydrogen) atoms. The average molecular weight is 385 g/mol. The molecule has 0 atom stereocenters. The van der Waals surface area contributed by atoms with E-state index in [-0.39, 0.29) is 5.91 Å². The van der Waals surface area contributed by atoms with Gasteiger partial charge in [-0.2, -0.15) is 0 Å². The number of thioether (sulfide) groups is 1. The van der Waals surface area contributed by atoms with Crippen molar-refractivity contribution in [1.29, 1.82) is 0 Å². The second kappa shape index (κ2) is 9.74. The van der Waals surface area contributed by atoms with Gasteiger partial charge in [0.2, 0.25) is 5.91 Å². The van der Waals surface area contributed by atoms with E-state index in [1.807, 2.05) is 27.7 Å². The molecule has 1 aliphatic heterocycles. The molecule has 0 saturated carbocycles. The first kappa shape index (κ1) is 19.7. The Bertz CT molecular complexity index is 778. The minimum Gasteiger partial charge on any atom is -0.342 e. The molecule has 0 spiro atoms. The highest BCUT2D eigenvalue weighted by atomic mass is 32.2. The van der Waals surface area contributed by atoms with Crippen molar-refractivity contribution in [3.63, 3.8) is 0 Å². The van der Waals surface area contributed by atoms with Gasteiger partial charge in [0.05, 0.1) is 5.75 Å². The van der Waals surface area contributed by atoms with Gasteiger partial charge in [-0.1, -0.05) is 60.9 Å². The summed E-state index contributed by atoms with van der Waals surface area (Å²) in [6.45, 7) is 8.31. The lowest BCUT2D eigenvalue weighted by Gasteiger charge is -2.24. The predicted molar refractivity (Wildman–Crippen MR) is 111 cm³/mol. The fourth-order valence-corrected chi connectivity index (χ4v) is 4.25. The van der Waals surface area contributed by atoms with Crippen molar-refractivity contribution in [2.24, 2.45) is 0 Å². The quantitative estimate of drug-likeness (QED) is 0.550. The van der Waals surface area contributed by atoms with Crippen molar-refractivity contribution < 1.29 is 4.79 Å². The largest absolute Gasteiger partial charge is 0.342 e. The fraction of sp³-hybridized carbons (Fsp3) is 0.476. The van der Waals surface area contributed by atoms with Crippen LogP contribution in [-0.4, -0.2) is 44.4 Å². The zero-order chi connectivity index (χ0) is 19.1. The minimum atomic E-state index is 0.201. The molecule has 2 heterocycles. The van der Waals surface area contributed by atoms with Crippen LogP contribution in [0.25, 0.3) is 11.4 Å². The van der Waals surface area contributed by atoms with Crippen molar-refractivity contribution in [3.05, 3.63) is 42.5 Å². The van der Waals surface area contributed by atoms with Crippen LogP contribution in [0.5, 0.6) is 0 Å². The highest BCUT2D eigenvalue weighted by molar-refractivity contribution is 7.99. The van der Waals surface area contributed by atoms with Gasteiger partial charge < -0.3 is 4.90 Å². The van der Waals surface area contributed by atoms with Gasteiger partial charge in [0, 0.05) is 25.2 Å². The smallest absolute Gasteiger partial charge is 0.233 e. The molecule has 0 aliphatic carbocycles. The van der Waals surface area contributed by atoms with Crippen molar-refractivity contribution >= 4 is 17.7 Å². The Labute approximate surface area is 165 Å². The molecule has 0 bridgehead atoms. The summed E-state index contributed by atoms with van der Waals surface area (Å²) in [5.41, 5.74) is 2.22. The van der Waals surface area contributed by atoms with E-state index in [0.717, 1.165) is 42.5 Å². The molecule has 1 fully saturated rings. The van der Waals surface area contributed by atoms with Gasteiger partial charge in [0.25, 0.3) is 0 Å². The molecule has 0 radical (unpaired) electrons. The van der Waals surface area contributed by atoms with Gasteiger partial charge in [-0.25, -0.2) is 0 Å². The Morgan fingerprint density at radius 2 is 1.93 bits per heavy atom. The number of hydrogen-bond donors (Lipinski definition) is 0. The van der Waals surface area contributed by atoms with Crippen LogP contribution in [0.4, 0.5) is 0 Å². The number of aryl methyl sites for hydroxylation is 1. The first-order chi connectivity index (χ1) is 13.2. The van der Waals surface area contributed by atoms with E-state index in [1.165, 1.54) is 36.6 Å².